The Labute approximate surface area is 184 Å². The Bertz CT molecular complexity index is 524. The minimum atomic E-state index is 0. The monoisotopic (exact) mass is 406 g/mol. The Morgan fingerprint density at radius 1 is 0.931 bits per heavy atom. The van der Waals surface area contributed by atoms with Gasteiger partial charge in [0.05, 0.1) is 0 Å². The second-order valence-electron chi connectivity index (χ2n) is 10.9. The molecule has 0 amide bonds. The summed E-state index contributed by atoms with van der Waals surface area (Å²) in [5, 5.41) is 0. The average Bonchev–Trinajstić information content (AvgIpc) is 3.01. The number of fused-ring (bicyclic) bond motifs is 5. The van der Waals surface area contributed by atoms with Gasteiger partial charge in [0, 0.05) is 12.3 Å². The van der Waals surface area contributed by atoms with E-state index in [9.17, 15) is 4.79 Å². The number of rotatable bonds is 3. The zero-order valence-corrected chi connectivity index (χ0v) is 19.2. The molecule has 8 atom stereocenters. The summed E-state index contributed by atoms with van der Waals surface area (Å²) < 4.78 is 0. The molecule has 0 heterocycles. The summed E-state index contributed by atoms with van der Waals surface area (Å²) in [6, 6.07) is 0. The van der Waals surface area contributed by atoms with Gasteiger partial charge in [-0.25, -0.2) is 0 Å². The number of hydrogen-bond donors (Lipinski definition) is 0. The number of hydrogen-bond acceptors (Lipinski definition) is 1. The van der Waals surface area contributed by atoms with Crippen LogP contribution in [-0.2, 0) is 4.79 Å². The zero-order chi connectivity index (χ0) is 19.8. The predicted octanol–water partition coefficient (Wildman–Crippen LogP) is 8.95. The quantitative estimate of drug-likeness (QED) is 0.457. The highest BCUT2D eigenvalue weighted by molar-refractivity contribution is 5.83. The van der Waals surface area contributed by atoms with Crippen molar-refractivity contribution in [3.8, 4) is 0 Å². The molecule has 0 radical (unpaired) electrons. The van der Waals surface area contributed by atoms with Crippen LogP contribution in [0.1, 0.15) is 127 Å². The molecule has 0 aliphatic heterocycles. The Balaban J connectivity index is 0.00000102. The van der Waals surface area contributed by atoms with Gasteiger partial charge < -0.3 is 0 Å². The van der Waals surface area contributed by atoms with Crippen LogP contribution in [-0.4, -0.2) is 5.78 Å². The normalized spacial score (nSPS) is 43.9. The first-order chi connectivity index (χ1) is 12.9. The van der Waals surface area contributed by atoms with Gasteiger partial charge in [0.1, 0.15) is 5.78 Å². The first-order valence-corrected chi connectivity index (χ1v) is 12.4. The average molecular weight is 407 g/mol. The van der Waals surface area contributed by atoms with E-state index < -0.39 is 0 Å². The molecule has 1 heteroatoms. The van der Waals surface area contributed by atoms with Gasteiger partial charge >= 0.3 is 0 Å². The topological polar surface area (TPSA) is 17.1 Å². The van der Waals surface area contributed by atoms with Crippen molar-refractivity contribution in [1.29, 1.82) is 0 Å². The molecule has 4 aliphatic carbocycles. The molecule has 4 fully saturated rings. The molecular weight excluding hydrogens is 352 g/mol. The predicted molar refractivity (Wildman–Crippen MR) is 129 cm³/mol. The van der Waals surface area contributed by atoms with Crippen molar-refractivity contribution in [1.82, 2.24) is 0 Å². The van der Waals surface area contributed by atoms with Crippen LogP contribution in [0.2, 0.25) is 0 Å². The van der Waals surface area contributed by atoms with E-state index >= 15 is 0 Å². The third kappa shape index (κ3) is 4.23. The Hall–Kier alpha value is -0.330. The maximum Gasteiger partial charge on any atom is 0.136 e. The standard InChI is InChI=1S/C24H40O.C2H6.2CH4/c1-5-8-16(2)18-10-11-19-22-20(12-14-24(18,19)4)23(3)13-7-6-9-17(23)15-21(22)25;1-2;;/h16-20,22H,5-15H2,1-4H3;1-2H3;2*1H4/t16-,17?,18?,19?,20?,22?,23?,24?;;;/m1.../s1. The summed E-state index contributed by atoms with van der Waals surface area (Å²) in [5.74, 6) is 4.90. The Morgan fingerprint density at radius 3 is 2.24 bits per heavy atom. The van der Waals surface area contributed by atoms with E-state index in [0.717, 1.165) is 18.3 Å². The molecule has 0 saturated heterocycles. The van der Waals surface area contributed by atoms with Crippen LogP contribution in [0.25, 0.3) is 0 Å². The molecule has 0 aromatic rings. The maximum atomic E-state index is 13.3. The van der Waals surface area contributed by atoms with Gasteiger partial charge in [-0.1, -0.05) is 82.1 Å². The molecule has 0 bridgehead atoms. The van der Waals surface area contributed by atoms with Gasteiger partial charge in [-0.2, -0.15) is 0 Å². The molecule has 29 heavy (non-hydrogen) atoms. The SMILES string of the molecule is C.C.CC.CCC[C@@H](C)C1CCC2C3C(=O)CC4CCCCC4(C)C3CCC21C. The van der Waals surface area contributed by atoms with Crippen LogP contribution in [0.5, 0.6) is 0 Å². The first kappa shape index (κ1) is 26.7. The first-order valence-electron chi connectivity index (χ1n) is 12.4. The largest absolute Gasteiger partial charge is 0.299 e. The van der Waals surface area contributed by atoms with Gasteiger partial charge in [-0.05, 0) is 78.9 Å². The van der Waals surface area contributed by atoms with Crippen molar-refractivity contribution in [3.63, 3.8) is 0 Å². The summed E-state index contributed by atoms with van der Waals surface area (Å²) in [4.78, 5) is 13.3. The van der Waals surface area contributed by atoms with Crippen molar-refractivity contribution in [2.45, 2.75) is 127 Å². The number of carbonyl (C=O) groups excluding carboxylic acids is 1. The Morgan fingerprint density at radius 2 is 1.59 bits per heavy atom. The molecule has 1 nitrogen and oxygen atoms in total. The van der Waals surface area contributed by atoms with Gasteiger partial charge in [-0.15, -0.1) is 0 Å². The summed E-state index contributed by atoms with van der Waals surface area (Å²) in [6.45, 7) is 14.0. The van der Waals surface area contributed by atoms with Crippen LogP contribution in [0.3, 0.4) is 0 Å². The third-order valence-corrected chi connectivity index (χ3v) is 9.89. The molecule has 4 aliphatic rings. The van der Waals surface area contributed by atoms with Crippen molar-refractivity contribution in [2.75, 3.05) is 0 Å². The lowest BCUT2D eigenvalue weighted by Crippen LogP contribution is -2.56. The second-order valence-corrected chi connectivity index (χ2v) is 10.9. The summed E-state index contributed by atoms with van der Waals surface area (Å²) in [7, 11) is 0. The van der Waals surface area contributed by atoms with Crippen molar-refractivity contribution in [3.05, 3.63) is 0 Å². The summed E-state index contributed by atoms with van der Waals surface area (Å²) in [5.41, 5.74) is 0.925. The van der Waals surface area contributed by atoms with Crippen molar-refractivity contribution < 1.29 is 4.79 Å². The van der Waals surface area contributed by atoms with Gasteiger partial charge in [-0.3, -0.25) is 4.79 Å². The van der Waals surface area contributed by atoms with Crippen LogP contribution in [0, 0.1) is 46.3 Å². The fraction of sp³-hybridized carbons (Fsp3) is 0.964. The molecule has 7 unspecified atom stereocenters. The molecule has 0 spiro atoms. The molecular formula is C28H54O. The lowest BCUT2D eigenvalue weighted by molar-refractivity contribution is -0.156. The van der Waals surface area contributed by atoms with E-state index in [-0.39, 0.29) is 14.9 Å². The third-order valence-electron chi connectivity index (χ3n) is 9.89. The van der Waals surface area contributed by atoms with Crippen LogP contribution in [0.15, 0.2) is 0 Å². The minimum Gasteiger partial charge on any atom is -0.299 e. The summed E-state index contributed by atoms with van der Waals surface area (Å²) >= 11 is 0. The zero-order valence-electron chi connectivity index (χ0n) is 19.2. The fourth-order valence-electron chi connectivity index (χ4n) is 8.59. The van der Waals surface area contributed by atoms with Crippen LogP contribution in [0.4, 0.5) is 0 Å². The number of Topliss-reactive ketones (excluding diaryl/α,β-unsaturated/α-hetero) is 1. The van der Waals surface area contributed by atoms with Gasteiger partial charge in [0.2, 0.25) is 0 Å². The van der Waals surface area contributed by atoms with E-state index in [1.54, 1.807) is 0 Å². The number of ketones is 1. The minimum absolute atomic E-state index is 0. The van der Waals surface area contributed by atoms with Crippen molar-refractivity contribution in [2.24, 2.45) is 46.3 Å². The maximum absolute atomic E-state index is 13.3. The highest BCUT2D eigenvalue weighted by Gasteiger charge is 2.62. The van der Waals surface area contributed by atoms with E-state index in [1.807, 2.05) is 13.8 Å². The van der Waals surface area contributed by atoms with E-state index in [4.69, 9.17) is 0 Å². The number of carbonyl (C=O) groups is 1. The highest BCUT2D eigenvalue weighted by Crippen LogP contribution is 2.67. The molecule has 0 aromatic heterocycles. The molecule has 4 saturated carbocycles. The van der Waals surface area contributed by atoms with Crippen molar-refractivity contribution >= 4 is 5.78 Å². The molecule has 0 aromatic carbocycles. The van der Waals surface area contributed by atoms with Gasteiger partial charge in [0.25, 0.3) is 0 Å². The Kier molecular flexibility index (Phi) is 9.50. The molecule has 4 rings (SSSR count). The molecule has 172 valence electrons. The van der Waals surface area contributed by atoms with Crippen LogP contribution < -0.4 is 0 Å². The summed E-state index contributed by atoms with van der Waals surface area (Å²) in [6.07, 6.45) is 14.5. The second kappa shape index (κ2) is 10.3. The lowest BCUT2D eigenvalue weighted by atomic mass is 9.44. The van der Waals surface area contributed by atoms with E-state index in [0.29, 0.717) is 40.3 Å². The molecule has 0 N–H and O–H groups in total. The van der Waals surface area contributed by atoms with E-state index in [1.165, 1.54) is 64.2 Å². The van der Waals surface area contributed by atoms with E-state index in [2.05, 4.69) is 27.7 Å². The van der Waals surface area contributed by atoms with Crippen LogP contribution >= 0.6 is 0 Å². The van der Waals surface area contributed by atoms with Gasteiger partial charge in [0.15, 0.2) is 0 Å². The highest BCUT2D eigenvalue weighted by atomic mass is 16.1. The smallest absolute Gasteiger partial charge is 0.136 e. The lowest BCUT2D eigenvalue weighted by Gasteiger charge is -2.60. The fourth-order valence-corrected chi connectivity index (χ4v) is 8.59.